The molecule has 0 saturated carbocycles. The number of benzene rings is 2. The Morgan fingerprint density at radius 3 is 2.48 bits per heavy atom. The van der Waals surface area contributed by atoms with Gasteiger partial charge in [-0.05, 0) is 36.4 Å². The van der Waals surface area contributed by atoms with E-state index < -0.39 is 11.8 Å². The highest BCUT2D eigenvalue weighted by atomic mass is 79.9. The van der Waals surface area contributed by atoms with E-state index >= 15 is 0 Å². The number of amides is 3. The summed E-state index contributed by atoms with van der Waals surface area (Å²) in [7, 11) is 1.34. The summed E-state index contributed by atoms with van der Waals surface area (Å²) in [5.74, 6) is -1.61. The predicted molar refractivity (Wildman–Crippen MR) is 105 cm³/mol. The monoisotopic (exact) mass is 432 g/mol. The van der Waals surface area contributed by atoms with Crippen LogP contribution in [0.25, 0.3) is 0 Å². The minimum atomic E-state index is -0.888. The summed E-state index contributed by atoms with van der Waals surface area (Å²) in [5.41, 5.74) is 3.28. The zero-order chi connectivity index (χ0) is 19.6. The Hall–Kier alpha value is -3.20. The average molecular weight is 433 g/mol. The highest BCUT2D eigenvalue weighted by Gasteiger charge is 2.09. The molecule has 0 fully saturated rings. The van der Waals surface area contributed by atoms with Crippen LogP contribution in [0.4, 0.5) is 5.69 Å². The summed E-state index contributed by atoms with van der Waals surface area (Å²) in [6.45, 7) is -0.203. The van der Waals surface area contributed by atoms with E-state index in [1.54, 1.807) is 36.4 Å². The van der Waals surface area contributed by atoms with Gasteiger partial charge in [-0.1, -0.05) is 28.1 Å². The molecular weight excluding hydrogens is 416 g/mol. The molecule has 0 aliphatic carbocycles. The molecule has 9 heteroatoms. The Labute approximate surface area is 164 Å². The summed E-state index contributed by atoms with van der Waals surface area (Å²) in [6.07, 6.45) is 1.32. The fraction of sp³-hybridized carbons (Fsp3) is 0.111. The molecule has 0 spiro atoms. The van der Waals surface area contributed by atoms with E-state index in [2.05, 4.69) is 37.1 Å². The molecule has 0 aliphatic heterocycles. The summed E-state index contributed by atoms with van der Waals surface area (Å²) in [5, 5.41) is 8.60. The third-order valence-electron chi connectivity index (χ3n) is 3.21. The topological polar surface area (TPSA) is 109 Å². The first-order valence-electron chi connectivity index (χ1n) is 7.82. The van der Waals surface area contributed by atoms with Crippen LogP contribution >= 0.6 is 15.9 Å². The Kier molecular flexibility index (Phi) is 7.50. The summed E-state index contributed by atoms with van der Waals surface area (Å²) < 4.78 is 6.43. The van der Waals surface area contributed by atoms with E-state index in [-0.39, 0.29) is 12.5 Å². The van der Waals surface area contributed by atoms with Crippen molar-refractivity contribution in [2.24, 2.45) is 5.10 Å². The van der Waals surface area contributed by atoms with Gasteiger partial charge in [0.15, 0.2) is 6.61 Å². The number of carbonyl (C=O) groups is 3. The average Bonchev–Trinajstić information content (AvgIpc) is 2.68. The maximum atomic E-state index is 12.0. The summed E-state index contributed by atoms with van der Waals surface area (Å²) >= 11 is 3.32. The van der Waals surface area contributed by atoms with Gasteiger partial charge >= 0.3 is 11.8 Å². The van der Waals surface area contributed by atoms with Gasteiger partial charge in [0.05, 0.1) is 6.21 Å². The van der Waals surface area contributed by atoms with E-state index in [9.17, 15) is 14.4 Å². The number of likely N-dealkylation sites (N-methyl/N-ethyl adjacent to an activating group) is 1. The zero-order valence-electron chi connectivity index (χ0n) is 14.4. The molecule has 140 valence electrons. The van der Waals surface area contributed by atoms with Gasteiger partial charge in [-0.2, -0.15) is 5.10 Å². The maximum Gasteiger partial charge on any atom is 0.329 e. The van der Waals surface area contributed by atoms with E-state index in [1.165, 1.54) is 13.3 Å². The summed E-state index contributed by atoms with van der Waals surface area (Å²) in [6, 6.07) is 14.0. The number of rotatable bonds is 6. The van der Waals surface area contributed by atoms with Crippen LogP contribution in [0.15, 0.2) is 58.1 Å². The molecule has 0 unspecified atom stereocenters. The Balaban J connectivity index is 1.93. The Morgan fingerprint density at radius 2 is 1.78 bits per heavy atom. The van der Waals surface area contributed by atoms with Gasteiger partial charge in [0.25, 0.3) is 5.91 Å². The van der Waals surface area contributed by atoms with Gasteiger partial charge < -0.3 is 15.4 Å². The summed E-state index contributed by atoms with van der Waals surface area (Å²) in [4.78, 5) is 34.4. The lowest BCUT2D eigenvalue weighted by Crippen LogP contribution is -2.35. The molecule has 3 N–H and O–H groups in total. The molecule has 0 bridgehead atoms. The third-order valence-corrected chi connectivity index (χ3v) is 3.74. The Morgan fingerprint density at radius 1 is 1.07 bits per heavy atom. The van der Waals surface area contributed by atoms with Crippen LogP contribution in [-0.2, 0) is 14.4 Å². The molecule has 2 rings (SSSR count). The maximum absolute atomic E-state index is 12.0. The first-order chi connectivity index (χ1) is 13.0. The largest absolute Gasteiger partial charge is 0.483 e. The fourth-order valence-corrected chi connectivity index (χ4v) is 2.18. The first-order valence-corrected chi connectivity index (χ1v) is 8.61. The lowest BCUT2D eigenvalue weighted by Gasteiger charge is -2.09. The van der Waals surface area contributed by atoms with Gasteiger partial charge in [0.2, 0.25) is 0 Å². The van der Waals surface area contributed by atoms with Crippen molar-refractivity contribution >= 4 is 45.6 Å². The van der Waals surface area contributed by atoms with E-state index in [0.717, 1.165) is 4.47 Å². The molecule has 0 saturated heterocycles. The molecule has 0 atom stereocenters. The second-order valence-corrected chi connectivity index (χ2v) is 6.08. The number of para-hydroxylation sites is 1. The molecule has 2 aromatic carbocycles. The van der Waals surface area contributed by atoms with Gasteiger partial charge in [-0.25, -0.2) is 5.43 Å². The van der Waals surface area contributed by atoms with Crippen molar-refractivity contribution in [1.82, 2.24) is 10.7 Å². The van der Waals surface area contributed by atoms with Gasteiger partial charge in [-0.15, -0.1) is 0 Å². The smallest absolute Gasteiger partial charge is 0.329 e. The molecule has 0 aromatic heterocycles. The molecule has 2 aromatic rings. The number of nitrogens with zero attached hydrogens (tertiary/aromatic N) is 1. The van der Waals surface area contributed by atoms with Crippen molar-refractivity contribution in [2.45, 2.75) is 0 Å². The quantitative estimate of drug-likeness (QED) is 0.366. The van der Waals surface area contributed by atoms with Crippen molar-refractivity contribution < 1.29 is 19.1 Å². The van der Waals surface area contributed by atoms with Gasteiger partial charge in [0.1, 0.15) is 5.75 Å². The number of hydrogen-bond donors (Lipinski definition) is 3. The van der Waals surface area contributed by atoms with E-state index in [1.807, 2.05) is 12.1 Å². The van der Waals surface area contributed by atoms with Crippen molar-refractivity contribution in [3.8, 4) is 5.75 Å². The van der Waals surface area contributed by atoms with Crippen LogP contribution in [-0.4, -0.2) is 37.6 Å². The van der Waals surface area contributed by atoms with Crippen LogP contribution in [0.5, 0.6) is 5.75 Å². The van der Waals surface area contributed by atoms with Crippen LogP contribution in [0.2, 0.25) is 0 Å². The highest BCUT2D eigenvalue weighted by molar-refractivity contribution is 9.10. The Bertz CT molecular complexity index is 853. The molecule has 0 aliphatic rings. The van der Waals surface area contributed by atoms with Crippen molar-refractivity contribution in [2.75, 3.05) is 19.0 Å². The third kappa shape index (κ3) is 6.55. The first kappa shape index (κ1) is 20.1. The molecule has 8 nitrogen and oxygen atoms in total. The molecule has 0 radical (unpaired) electrons. The van der Waals surface area contributed by atoms with Crippen molar-refractivity contribution in [1.29, 1.82) is 0 Å². The van der Waals surface area contributed by atoms with Crippen molar-refractivity contribution in [3.05, 3.63) is 58.6 Å². The van der Waals surface area contributed by atoms with Crippen LogP contribution in [0.1, 0.15) is 5.56 Å². The normalized spacial score (nSPS) is 10.3. The van der Waals surface area contributed by atoms with E-state index in [0.29, 0.717) is 17.0 Å². The lowest BCUT2D eigenvalue weighted by atomic mass is 10.2. The minimum absolute atomic E-state index is 0.203. The van der Waals surface area contributed by atoms with Gasteiger partial charge in [-0.3, -0.25) is 14.4 Å². The number of hydrazone groups is 1. The molecular formula is C18H17BrN4O4. The SMILES string of the molecule is CNC(=O)C(=O)N/N=C\c1ccccc1OCC(=O)Nc1ccc(Br)cc1. The predicted octanol–water partition coefficient (Wildman–Crippen LogP) is 1.66. The van der Waals surface area contributed by atoms with Gasteiger partial charge in [0, 0.05) is 22.8 Å². The van der Waals surface area contributed by atoms with Crippen LogP contribution < -0.4 is 20.8 Å². The number of nitrogens with one attached hydrogen (secondary N) is 3. The minimum Gasteiger partial charge on any atom is -0.483 e. The zero-order valence-corrected chi connectivity index (χ0v) is 15.9. The second-order valence-electron chi connectivity index (χ2n) is 5.16. The van der Waals surface area contributed by atoms with Crippen molar-refractivity contribution in [3.63, 3.8) is 0 Å². The fourth-order valence-electron chi connectivity index (χ4n) is 1.92. The number of anilines is 1. The number of halogens is 1. The molecule has 0 heterocycles. The lowest BCUT2D eigenvalue weighted by molar-refractivity contribution is -0.138. The molecule has 3 amide bonds. The number of hydrogen-bond acceptors (Lipinski definition) is 5. The highest BCUT2D eigenvalue weighted by Crippen LogP contribution is 2.17. The standard InChI is InChI=1S/C18H17BrN4O4/c1-20-17(25)18(26)23-21-10-12-4-2-3-5-15(12)27-11-16(24)22-14-8-6-13(19)7-9-14/h2-10H,11H2,1H3,(H,20,25)(H,22,24)(H,23,26)/b21-10-. The second kappa shape index (κ2) is 10.1. The van der Waals surface area contributed by atoms with Crippen LogP contribution in [0, 0.1) is 0 Å². The molecule has 27 heavy (non-hydrogen) atoms. The number of carbonyl (C=O) groups excluding carboxylic acids is 3. The van der Waals surface area contributed by atoms with Crippen LogP contribution in [0.3, 0.4) is 0 Å². The number of ether oxygens (including phenoxy) is 1. The van der Waals surface area contributed by atoms with E-state index in [4.69, 9.17) is 4.74 Å².